The smallest absolute Gasteiger partial charge is 0.331 e. The third-order valence-electron chi connectivity index (χ3n) is 2.91. The highest BCUT2D eigenvalue weighted by atomic mass is 35.5. The van der Waals surface area contributed by atoms with E-state index in [1.165, 1.54) is 0 Å². The molecule has 0 fully saturated rings. The van der Waals surface area contributed by atoms with Gasteiger partial charge in [0.15, 0.2) is 6.04 Å². The molecular formula is C17H24ClNO3. The lowest BCUT2D eigenvalue weighted by Gasteiger charge is -2.16. The minimum Gasteiger partial charge on any atom is -0.478 e. The van der Waals surface area contributed by atoms with Crippen LogP contribution in [0.2, 0.25) is 5.02 Å². The molecule has 0 N–H and O–H groups in total. The topological polar surface area (TPSA) is 47.9 Å². The van der Waals surface area contributed by atoms with Gasteiger partial charge in [-0.25, -0.2) is 9.79 Å². The fourth-order valence-corrected chi connectivity index (χ4v) is 2.20. The molecule has 0 aromatic heterocycles. The first-order valence-electron chi connectivity index (χ1n) is 7.61. The lowest BCUT2D eigenvalue weighted by atomic mass is 10.0. The van der Waals surface area contributed by atoms with Crippen molar-refractivity contribution in [1.29, 1.82) is 0 Å². The normalized spacial score (nSPS) is 13.1. The molecule has 1 rings (SSSR count). The van der Waals surface area contributed by atoms with Gasteiger partial charge in [-0.05, 0) is 38.3 Å². The number of halogens is 1. The third kappa shape index (κ3) is 5.68. The molecular weight excluding hydrogens is 302 g/mol. The third-order valence-corrected chi connectivity index (χ3v) is 3.24. The molecule has 1 aromatic rings. The van der Waals surface area contributed by atoms with Crippen LogP contribution in [0, 0.1) is 5.92 Å². The van der Waals surface area contributed by atoms with E-state index in [9.17, 15) is 4.79 Å². The minimum atomic E-state index is -0.585. The molecule has 4 nitrogen and oxygen atoms in total. The van der Waals surface area contributed by atoms with Crippen LogP contribution in [0.3, 0.4) is 0 Å². The molecule has 0 aliphatic carbocycles. The van der Waals surface area contributed by atoms with Crippen molar-refractivity contribution in [1.82, 2.24) is 0 Å². The fourth-order valence-electron chi connectivity index (χ4n) is 1.98. The van der Waals surface area contributed by atoms with E-state index in [-0.39, 0.29) is 5.97 Å². The Balaban J connectivity index is 3.15. The van der Waals surface area contributed by atoms with Crippen LogP contribution in [0.25, 0.3) is 0 Å². The van der Waals surface area contributed by atoms with Gasteiger partial charge in [-0.2, -0.15) is 0 Å². The number of benzene rings is 1. The number of ether oxygens (including phenoxy) is 2. The summed E-state index contributed by atoms with van der Waals surface area (Å²) in [5.74, 6) is 0.361. The van der Waals surface area contributed by atoms with Crippen LogP contribution in [0.5, 0.6) is 0 Å². The van der Waals surface area contributed by atoms with Gasteiger partial charge < -0.3 is 9.47 Å². The van der Waals surface area contributed by atoms with Crippen LogP contribution in [0.1, 0.15) is 39.7 Å². The Morgan fingerprint density at radius 3 is 2.36 bits per heavy atom. The van der Waals surface area contributed by atoms with E-state index in [1.807, 2.05) is 39.0 Å². The molecule has 1 aromatic carbocycles. The van der Waals surface area contributed by atoms with Crippen molar-refractivity contribution >= 4 is 23.5 Å². The summed E-state index contributed by atoms with van der Waals surface area (Å²) >= 11 is 6.21. The SMILES string of the molecule is CCOC(=O)C(CC(C)C)N=C(OCC)c1ccccc1Cl. The zero-order chi connectivity index (χ0) is 16.5. The second-order valence-electron chi connectivity index (χ2n) is 5.24. The van der Waals surface area contributed by atoms with Crippen molar-refractivity contribution in [3.05, 3.63) is 34.9 Å². The second-order valence-corrected chi connectivity index (χ2v) is 5.65. The molecule has 22 heavy (non-hydrogen) atoms. The Bertz CT molecular complexity index is 514. The average molecular weight is 326 g/mol. The highest BCUT2D eigenvalue weighted by Crippen LogP contribution is 2.19. The Morgan fingerprint density at radius 1 is 1.18 bits per heavy atom. The number of carbonyl (C=O) groups excluding carboxylic acids is 1. The molecule has 0 bridgehead atoms. The van der Waals surface area contributed by atoms with Crippen molar-refractivity contribution in [3.8, 4) is 0 Å². The van der Waals surface area contributed by atoms with Gasteiger partial charge in [0.05, 0.1) is 23.8 Å². The Kier molecular flexibility index (Phi) is 7.96. The summed E-state index contributed by atoms with van der Waals surface area (Å²) in [6.07, 6.45) is 0.597. The van der Waals surface area contributed by atoms with Gasteiger partial charge in [0.25, 0.3) is 0 Å². The van der Waals surface area contributed by atoms with Gasteiger partial charge in [0.1, 0.15) is 0 Å². The maximum Gasteiger partial charge on any atom is 0.331 e. The summed E-state index contributed by atoms with van der Waals surface area (Å²) in [6.45, 7) is 8.51. The fraction of sp³-hybridized carbons (Fsp3) is 0.529. The molecule has 122 valence electrons. The van der Waals surface area contributed by atoms with Gasteiger partial charge in [-0.3, -0.25) is 0 Å². The number of hydrogen-bond acceptors (Lipinski definition) is 4. The van der Waals surface area contributed by atoms with E-state index in [0.717, 1.165) is 0 Å². The lowest BCUT2D eigenvalue weighted by Crippen LogP contribution is -2.26. The standard InChI is InChI=1S/C17H24ClNO3/c1-5-21-16(13-9-7-8-10-14(13)18)19-15(11-12(3)4)17(20)22-6-2/h7-10,12,15H,5-6,11H2,1-4H3. The van der Waals surface area contributed by atoms with Crippen LogP contribution < -0.4 is 0 Å². The summed E-state index contributed by atoms with van der Waals surface area (Å²) in [5.41, 5.74) is 0.684. The molecule has 0 aliphatic heterocycles. The molecule has 0 saturated heterocycles. The molecule has 0 heterocycles. The van der Waals surface area contributed by atoms with Gasteiger partial charge in [0, 0.05) is 0 Å². The maximum atomic E-state index is 12.1. The van der Waals surface area contributed by atoms with Crippen molar-refractivity contribution in [2.24, 2.45) is 10.9 Å². The summed E-state index contributed by atoms with van der Waals surface area (Å²) in [6, 6.07) is 6.71. The van der Waals surface area contributed by atoms with Crippen LogP contribution in [-0.2, 0) is 14.3 Å². The number of esters is 1. The lowest BCUT2D eigenvalue weighted by molar-refractivity contribution is -0.145. The zero-order valence-corrected chi connectivity index (χ0v) is 14.4. The molecule has 0 spiro atoms. The first-order valence-corrected chi connectivity index (χ1v) is 7.99. The first kappa shape index (κ1) is 18.5. The van der Waals surface area contributed by atoms with E-state index >= 15 is 0 Å². The first-order chi connectivity index (χ1) is 10.5. The second kappa shape index (κ2) is 9.46. The average Bonchev–Trinajstić information content (AvgIpc) is 2.46. The Morgan fingerprint density at radius 2 is 1.82 bits per heavy atom. The molecule has 1 atom stereocenters. The van der Waals surface area contributed by atoms with E-state index in [0.29, 0.717) is 42.0 Å². The van der Waals surface area contributed by atoms with Crippen molar-refractivity contribution < 1.29 is 14.3 Å². The van der Waals surface area contributed by atoms with E-state index in [1.54, 1.807) is 13.0 Å². The minimum absolute atomic E-state index is 0.312. The molecule has 0 aliphatic rings. The Labute approximate surface area is 137 Å². The largest absolute Gasteiger partial charge is 0.478 e. The highest BCUT2D eigenvalue weighted by Gasteiger charge is 2.22. The number of aliphatic imine (C=N–C) groups is 1. The summed E-state index contributed by atoms with van der Waals surface area (Å²) < 4.78 is 10.7. The van der Waals surface area contributed by atoms with Crippen LogP contribution >= 0.6 is 11.6 Å². The summed E-state index contributed by atoms with van der Waals surface area (Å²) in [4.78, 5) is 16.6. The monoisotopic (exact) mass is 325 g/mol. The van der Waals surface area contributed by atoms with Crippen LogP contribution in [0.15, 0.2) is 29.3 Å². The molecule has 0 amide bonds. The summed E-state index contributed by atoms with van der Waals surface area (Å²) in [5, 5.41) is 0.543. The highest BCUT2D eigenvalue weighted by molar-refractivity contribution is 6.33. The van der Waals surface area contributed by atoms with Gasteiger partial charge in [0.2, 0.25) is 5.90 Å². The summed E-state index contributed by atoms with van der Waals surface area (Å²) in [7, 11) is 0. The quantitative estimate of drug-likeness (QED) is 0.431. The number of nitrogens with zero attached hydrogens (tertiary/aromatic N) is 1. The number of hydrogen-bond donors (Lipinski definition) is 0. The van der Waals surface area contributed by atoms with Gasteiger partial charge >= 0.3 is 5.97 Å². The Hall–Kier alpha value is -1.55. The van der Waals surface area contributed by atoms with Crippen LogP contribution in [-0.4, -0.2) is 31.1 Å². The zero-order valence-electron chi connectivity index (χ0n) is 13.6. The van der Waals surface area contributed by atoms with E-state index in [2.05, 4.69) is 4.99 Å². The molecule has 1 unspecified atom stereocenters. The van der Waals surface area contributed by atoms with Crippen molar-refractivity contribution in [3.63, 3.8) is 0 Å². The number of carbonyl (C=O) groups is 1. The van der Waals surface area contributed by atoms with Crippen molar-refractivity contribution in [2.45, 2.75) is 40.2 Å². The van der Waals surface area contributed by atoms with Crippen LogP contribution in [0.4, 0.5) is 0 Å². The van der Waals surface area contributed by atoms with E-state index in [4.69, 9.17) is 21.1 Å². The van der Waals surface area contributed by atoms with E-state index < -0.39 is 6.04 Å². The predicted octanol–water partition coefficient (Wildman–Crippen LogP) is 4.10. The van der Waals surface area contributed by atoms with Crippen molar-refractivity contribution in [2.75, 3.05) is 13.2 Å². The molecule has 5 heteroatoms. The molecule has 0 radical (unpaired) electrons. The van der Waals surface area contributed by atoms with Gasteiger partial charge in [-0.15, -0.1) is 0 Å². The van der Waals surface area contributed by atoms with Gasteiger partial charge in [-0.1, -0.05) is 37.6 Å². The number of rotatable bonds is 7. The predicted molar refractivity (Wildman–Crippen MR) is 89.5 cm³/mol. The maximum absolute atomic E-state index is 12.1. The molecule has 0 saturated carbocycles.